The van der Waals surface area contributed by atoms with Crippen molar-refractivity contribution in [3.8, 4) is 0 Å². The molecule has 0 saturated heterocycles. The van der Waals surface area contributed by atoms with Crippen molar-refractivity contribution in [2.24, 2.45) is 5.73 Å². The molecule has 0 bridgehead atoms. The predicted molar refractivity (Wildman–Crippen MR) is 65.5 cm³/mol. The summed E-state index contributed by atoms with van der Waals surface area (Å²) in [6.45, 7) is 3.68. The third-order valence-corrected chi connectivity index (χ3v) is 2.36. The number of nitrogens with two attached hydrogens (primary N) is 1. The van der Waals surface area contributed by atoms with Crippen LogP contribution in [0.1, 0.15) is 25.5 Å². The average molecular weight is 242 g/mol. The lowest BCUT2D eigenvalue weighted by Crippen LogP contribution is -2.19. The predicted octanol–water partition coefficient (Wildman–Crippen LogP) is 2.11. The first-order valence-electron chi connectivity index (χ1n) is 5.17. The molecule has 1 unspecified atom stereocenters. The Morgan fingerprint density at radius 2 is 2.31 bits per heavy atom. The molecular weight excluding hydrogens is 226 g/mol. The van der Waals surface area contributed by atoms with E-state index in [4.69, 9.17) is 17.3 Å². The van der Waals surface area contributed by atoms with Gasteiger partial charge in [-0.05, 0) is 32.4 Å². The van der Waals surface area contributed by atoms with E-state index >= 15 is 0 Å². The first kappa shape index (κ1) is 12.9. The summed E-state index contributed by atoms with van der Waals surface area (Å²) in [7, 11) is 0. The molecule has 1 amide bonds. The van der Waals surface area contributed by atoms with Crippen molar-refractivity contribution in [1.82, 2.24) is 4.98 Å². The van der Waals surface area contributed by atoms with Crippen LogP contribution >= 0.6 is 11.6 Å². The highest BCUT2D eigenvalue weighted by Crippen LogP contribution is 2.15. The summed E-state index contributed by atoms with van der Waals surface area (Å²) >= 11 is 5.72. The summed E-state index contributed by atoms with van der Waals surface area (Å²) in [6.07, 6.45) is 1.09. The van der Waals surface area contributed by atoms with Gasteiger partial charge < -0.3 is 11.1 Å². The quantitative estimate of drug-likeness (QED) is 0.794. The Morgan fingerprint density at radius 3 is 2.88 bits per heavy atom. The van der Waals surface area contributed by atoms with E-state index in [0.717, 1.165) is 0 Å². The molecule has 16 heavy (non-hydrogen) atoms. The normalized spacial score (nSPS) is 12.2. The Balaban J connectivity index is 2.56. The molecule has 0 spiro atoms. The second-order valence-corrected chi connectivity index (χ2v) is 4.22. The van der Waals surface area contributed by atoms with Crippen LogP contribution in [0.25, 0.3) is 0 Å². The maximum Gasteiger partial charge on any atom is 0.224 e. The monoisotopic (exact) mass is 241 g/mol. The van der Waals surface area contributed by atoms with Crippen molar-refractivity contribution in [2.75, 3.05) is 5.32 Å². The van der Waals surface area contributed by atoms with Crippen molar-refractivity contribution in [3.05, 3.63) is 23.0 Å². The highest BCUT2D eigenvalue weighted by molar-refractivity contribution is 6.29. The molecule has 4 nitrogen and oxygen atoms in total. The van der Waals surface area contributed by atoms with Crippen molar-refractivity contribution in [2.45, 2.75) is 32.7 Å². The van der Waals surface area contributed by atoms with Crippen molar-refractivity contribution >= 4 is 23.2 Å². The number of amides is 1. The Morgan fingerprint density at radius 1 is 1.62 bits per heavy atom. The zero-order valence-corrected chi connectivity index (χ0v) is 10.2. The fourth-order valence-electron chi connectivity index (χ4n) is 1.23. The molecule has 0 aliphatic carbocycles. The van der Waals surface area contributed by atoms with Crippen LogP contribution in [-0.2, 0) is 4.79 Å². The van der Waals surface area contributed by atoms with Gasteiger partial charge in [-0.25, -0.2) is 4.98 Å². The van der Waals surface area contributed by atoms with Crippen LogP contribution in [0.15, 0.2) is 12.1 Å². The molecule has 0 fully saturated rings. The molecule has 1 aromatic heterocycles. The lowest BCUT2D eigenvalue weighted by atomic mass is 10.2. The van der Waals surface area contributed by atoms with Crippen LogP contribution in [0, 0.1) is 6.92 Å². The number of hydrogen-bond acceptors (Lipinski definition) is 3. The van der Waals surface area contributed by atoms with Gasteiger partial charge >= 0.3 is 0 Å². The summed E-state index contributed by atoms with van der Waals surface area (Å²) in [5.74, 6) is -0.0514. The van der Waals surface area contributed by atoms with Crippen LogP contribution < -0.4 is 11.1 Å². The number of aryl methyl sites for hydroxylation is 1. The fraction of sp³-hybridized carbons (Fsp3) is 0.455. The molecule has 1 heterocycles. The van der Waals surface area contributed by atoms with Gasteiger partial charge in [-0.1, -0.05) is 11.6 Å². The SMILES string of the molecule is Cc1nc(Cl)ccc1NC(=O)CCC(C)N. The lowest BCUT2D eigenvalue weighted by Gasteiger charge is -2.08. The number of rotatable bonds is 4. The first-order valence-corrected chi connectivity index (χ1v) is 5.55. The summed E-state index contributed by atoms with van der Waals surface area (Å²) in [5.41, 5.74) is 6.98. The summed E-state index contributed by atoms with van der Waals surface area (Å²) in [4.78, 5) is 15.6. The van der Waals surface area contributed by atoms with Crippen LogP contribution in [0.2, 0.25) is 5.15 Å². The van der Waals surface area contributed by atoms with E-state index in [0.29, 0.717) is 29.4 Å². The number of hydrogen-bond donors (Lipinski definition) is 2. The van der Waals surface area contributed by atoms with Gasteiger partial charge in [-0.15, -0.1) is 0 Å². The number of pyridine rings is 1. The van der Waals surface area contributed by atoms with Crippen molar-refractivity contribution < 1.29 is 4.79 Å². The molecule has 0 aliphatic rings. The third-order valence-electron chi connectivity index (χ3n) is 2.15. The van der Waals surface area contributed by atoms with Crippen molar-refractivity contribution in [1.29, 1.82) is 0 Å². The van der Waals surface area contributed by atoms with E-state index in [2.05, 4.69) is 10.3 Å². The molecule has 5 heteroatoms. The van der Waals surface area contributed by atoms with E-state index in [1.54, 1.807) is 19.1 Å². The fourth-order valence-corrected chi connectivity index (χ4v) is 1.42. The zero-order valence-electron chi connectivity index (χ0n) is 9.46. The summed E-state index contributed by atoms with van der Waals surface area (Å²) < 4.78 is 0. The molecule has 0 aliphatic heterocycles. The smallest absolute Gasteiger partial charge is 0.224 e. The highest BCUT2D eigenvalue weighted by atomic mass is 35.5. The largest absolute Gasteiger partial charge is 0.328 e. The van der Waals surface area contributed by atoms with E-state index < -0.39 is 0 Å². The van der Waals surface area contributed by atoms with Gasteiger partial charge in [0.2, 0.25) is 5.91 Å². The Labute approximate surface area is 100 Å². The van der Waals surface area contributed by atoms with E-state index in [-0.39, 0.29) is 11.9 Å². The van der Waals surface area contributed by atoms with Gasteiger partial charge in [0, 0.05) is 12.5 Å². The summed E-state index contributed by atoms with van der Waals surface area (Å²) in [6, 6.07) is 3.43. The van der Waals surface area contributed by atoms with Gasteiger partial charge in [0.05, 0.1) is 11.4 Å². The maximum absolute atomic E-state index is 11.5. The van der Waals surface area contributed by atoms with Gasteiger partial charge in [0.15, 0.2) is 0 Å². The number of carbonyl (C=O) groups excluding carboxylic acids is 1. The van der Waals surface area contributed by atoms with E-state index in [1.165, 1.54) is 0 Å². The topological polar surface area (TPSA) is 68.0 Å². The third kappa shape index (κ3) is 4.16. The van der Waals surface area contributed by atoms with Gasteiger partial charge in [0.25, 0.3) is 0 Å². The minimum absolute atomic E-state index is 0.0372. The van der Waals surface area contributed by atoms with Crippen LogP contribution in [0.3, 0.4) is 0 Å². The number of aromatic nitrogens is 1. The molecule has 1 rings (SSSR count). The zero-order chi connectivity index (χ0) is 12.1. The Hall–Kier alpha value is -1.13. The minimum atomic E-state index is -0.0514. The van der Waals surface area contributed by atoms with Crippen molar-refractivity contribution in [3.63, 3.8) is 0 Å². The summed E-state index contributed by atoms with van der Waals surface area (Å²) in [5, 5.41) is 3.20. The van der Waals surface area contributed by atoms with Gasteiger partial charge in [-0.3, -0.25) is 4.79 Å². The second kappa shape index (κ2) is 5.82. The molecule has 88 valence electrons. The molecule has 1 aromatic rings. The van der Waals surface area contributed by atoms with Gasteiger partial charge in [-0.2, -0.15) is 0 Å². The Bertz CT molecular complexity index is 379. The van der Waals surface area contributed by atoms with Gasteiger partial charge in [0.1, 0.15) is 5.15 Å². The second-order valence-electron chi connectivity index (χ2n) is 3.83. The maximum atomic E-state index is 11.5. The number of nitrogens with one attached hydrogen (secondary N) is 1. The van der Waals surface area contributed by atoms with Crippen LogP contribution in [0.4, 0.5) is 5.69 Å². The Kier molecular flexibility index (Phi) is 4.71. The molecule has 0 saturated carbocycles. The first-order chi connectivity index (χ1) is 7.49. The number of nitrogens with zero attached hydrogens (tertiary/aromatic N) is 1. The average Bonchev–Trinajstić information content (AvgIpc) is 2.19. The number of carbonyl (C=O) groups is 1. The molecule has 0 aromatic carbocycles. The van der Waals surface area contributed by atoms with Crippen LogP contribution in [0.5, 0.6) is 0 Å². The highest BCUT2D eigenvalue weighted by Gasteiger charge is 2.06. The number of anilines is 1. The number of halogens is 1. The van der Waals surface area contributed by atoms with Crippen LogP contribution in [-0.4, -0.2) is 16.9 Å². The van der Waals surface area contributed by atoms with E-state index in [9.17, 15) is 4.79 Å². The molecular formula is C11H16ClN3O. The molecule has 3 N–H and O–H groups in total. The van der Waals surface area contributed by atoms with E-state index in [1.807, 2.05) is 6.92 Å². The standard InChI is InChI=1S/C11H16ClN3O/c1-7(13)3-6-11(16)15-9-4-5-10(12)14-8(9)2/h4-5,7H,3,6,13H2,1-2H3,(H,15,16). The molecule has 0 radical (unpaired) electrons. The molecule has 1 atom stereocenters. The lowest BCUT2D eigenvalue weighted by molar-refractivity contribution is -0.116. The minimum Gasteiger partial charge on any atom is -0.328 e.